The van der Waals surface area contributed by atoms with Crippen molar-refractivity contribution in [1.82, 2.24) is 16.0 Å². The number of urea groups is 1. The Morgan fingerprint density at radius 1 is 1.05 bits per heavy atom. The zero-order valence-corrected chi connectivity index (χ0v) is 11.9. The Kier molecular flexibility index (Phi) is 5.92. The summed E-state index contributed by atoms with van der Waals surface area (Å²) < 4.78 is 5.25. The molecule has 1 saturated carbocycles. The highest BCUT2D eigenvalue weighted by Crippen LogP contribution is 2.18. The molecule has 1 aliphatic heterocycles. The van der Waals surface area contributed by atoms with Crippen molar-refractivity contribution in [3.8, 4) is 0 Å². The minimum Gasteiger partial charge on any atom is -0.379 e. The van der Waals surface area contributed by atoms with Crippen molar-refractivity contribution in [2.75, 3.05) is 19.8 Å². The molecule has 0 spiro atoms. The summed E-state index contributed by atoms with van der Waals surface area (Å²) in [6.07, 6.45) is 6.60. The second-order valence-electron chi connectivity index (χ2n) is 5.68. The second-order valence-corrected chi connectivity index (χ2v) is 5.68. The monoisotopic (exact) mass is 269 g/mol. The van der Waals surface area contributed by atoms with Gasteiger partial charge >= 0.3 is 6.03 Å². The number of amides is 2. The molecule has 0 aromatic rings. The van der Waals surface area contributed by atoms with Gasteiger partial charge in [-0.3, -0.25) is 0 Å². The van der Waals surface area contributed by atoms with E-state index in [2.05, 4.69) is 22.9 Å². The predicted molar refractivity (Wildman–Crippen MR) is 75.2 cm³/mol. The summed E-state index contributed by atoms with van der Waals surface area (Å²) in [5.74, 6) is 0. The Morgan fingerprint density at radius 3 is 2.37 bits per heavy atom. The molecule has 0 aromatic heterocycles. The summed E-state index contributed by atoms with van der Waals surface area (Å²) in [5.41, 5.74) is 0. The molecular formula is C14H27N3O2. The second kappa shape index (κ2) is 7.70. The van der Waals surface area contributed by atoms with E-state index in [9.17, 15) is 4.79 Å². The van der Waals surface area contributed by atoms with Crippen LogP contribution in [-0.2, 0) is 4.74 Å². The Morgan fingerprint density at radius 2 is 1.74 bits per heavy atom. The minimum atomic E-state index is -0.0273. The Bertz CT molecular complexity index is 272. The lowest BCUT2D eigenvalue weighted by Gasteiger charge is -2.30. The molecule has 0 bridgehead atoms. The first-order chi connectivity index (χ1) is 9.28. The van der Waals surface area contributed by atoms with E-state index in [1.165, 1.54) is 6.42 Å². The van der Waals surface area contributed by atoms with Gasteiger partial charge in [0.2, 0.25) is 0 Å². The molecule has 19 heavy (non-hydrogen) atoms. The molecule has 3 N–H and O–H groups in total. The quantitative estimate of drug-likeness (QED) is 0.706. The average molecular weight is 269 g/mol. The predicted octanol–water partition coefficient (Wildman–Crippen LogP) is 1.39. The van der Waals surface area contributed by atoms with Gasteiger partial charge in [0.25, 0.3) is 0 Å². The van der Waals surface area contributed by atoms with Crippen molar-refractivity contribution in [2.24, 2.45) is 0 Å². The third kappa shape index (κ3) is 4.99. The number of carbonyl (C=O) groups is 1. The summed E-state index contributed by atoms with van der Waals surface area (Å²) in [6.45, 7) is 4.71. The molecular weight excluding hydrogens is 242 g/mol. The summed E-state index contributed by atoms with van der Waals surface area (Å²) in [6, 6.07) is 1.15. The van der Waals surface area contributed by atoms with E-state index in [1.807, 2.05) is 0 Å². The lowest BCUT2D eigenvalue weighted by Crippen LogP contribution is -2.48. The van der Waals surface area contributed by atoms with Crippen LogP contribution in [0.1, 0.15) is 45.4 Å². The Hall–Kier alpha value is -0.810. The summed E-state index contributed by atoms with van der Waals surface area (Å²) in [4.78, 5) is 11.8. The third-order valence-electron chi connectivity index (χ3n) is 4.01. The molecule has 2 rings (SSSR count). The number of nitrogens with one attached hydrogen (secondary N) is 3. The van der Waals surface area contributed by atoms with Crippen LogP contribution in [0.4, 0.5) is 4.79 Å². The molecule has 1 unspecified atom stereocenters. The smallest absolute Gasteiger partial charge is 0.315 e. The zero-order valence-electron chi connectivity index (χ0n) is 11.9. The maximum atomic E-state index is 11.8. The molecule has 2 aliphatic rings. The van der Waals surface area contributed by atoms with Crippen LogP contribution in [0.5, 0.6) is 0 Å². The van der Waals surface area contributed by atoms with Crippen LogP contribution < -0.4 is 16.0 Å². The standard InChI is InChI=1S/C14H27N3O2/c1-2-8-15-11-3-5-12(6-4-11)16-14(18)17-13-7-9-19-10-13/h11-13,15H,2-10H2,1H3,(H2,16,17,18). The molecule has 1 aliphatic carbocycles. The highest BCUT2D eigenvalue weighted by atomic mass is 16.5. The van der Waals surface area contributed by atoms with Gasteiger partial charge in [-0.25, -0.2) is 4.79 Å². The van der Waals surface area contributed by atoms with E-state index < -0.39 is 0 Å². The summed E-state index contributed by atoms with van der Waals surface area (Å²) >= 11 is 0. The van der Waals surface area contributed by atoms with Gasteiger partial charge in [-0.2, -0.15) is 0 Å². The largest absolute Gasteiger partial charge is 0.379 e. The van der Waals surface area contributed by atoms with E-state index in [0.717, 1.165) is 45.3 Å². The van der Waals surface area contributed by atoms with Crippen molar-refractivity contribution < 1.29 is 9.53 Å². The highest BCUT2D eigenvalue weighted by molar-refractivity contribution is 5.74. The van der Waals surface area contributed by atoms with Crippen molar-refractivity contribution >= 4 is 6.03 Å². The van der Waals surface area contributed by atoms with Crippen LogP contribution in [0, 0.1) is 0 Å². The molecule has 5 heteroatoms. The summed E-state index contributed by atoms with van der Waals surface area (Å²) in [5, 5.41) is 9.63. The molecule has 1 atom stereocenters. The van der Waals surface area contributed by atoms with Crippen LogP contribution in [0.25, 0.3) is 0 Å². The molecule has 0 aromatic carbocycles. The number of ether oxygens (including phenoxy) is 1. The molecule has 0 radical (unpaired) electrons. The molecule has 5 nitrogen and oxygen atoms in total. The lowest BCUT2D eigenvalue weighted by molar-refractivity contribution is 0.187. The van der Waals surface area contributed by atoms with Crippen LogP contribution in [0.15, 0.2) is 0 Å². The highest BCUT2D eigenvalue weighted by Gasteiger charge is 2.23. The minimum absolute atomic E-state index is 0.0273. The van der Waals surface area contributed by atoms with Crippen molar-refractivity contribution in [2.45, 2.75) is 63.6 Å². The van der Waals surface area contributed by atoms with Gasteiger partial charge in [0.15, 0.2) is 0 Å². The van der Waals surface area contributed by atoms with Crippen LogP contribution in [0.3, 0.4) is 0 Å². The van der Waals surface area contributed by atoms with Crippen LogP contribution in [0.2, 0.25) is 0 Å². The van der Waals surface area contributed by atoms with E-state index in [1.54, 1.807) is 0 Å². The first kappa shape index (κ1) is 14.6. The van der Waals surface area contributed by atoms with Gasteiger partial charge in [-0.05, 0) is 45.1 Å². The first-order valence-electron chi connectivity index (χ1n) is 7.66. The van der Waals surface area contributed by atoms with Gasteiger partial charge < -0.3 is 20.7 Å². The Balaban J connectivity index is 1.60. The van der Waals surface area contributed by atoms with E-state index >= 15 is 0 Å². The van der Waals surface area contributed by atoms with E-state index in [4.69, 9.17) is 4.74 Å². The van der Waals surface area contributed by atoms with Crippen LogP contribution in [-0.4, -0.2) is 43.9 Å². The fourth-order valence-electron chi connectivity index (χ4n) is 2.85. The SMILES string of the molecule is CCCNC1CCC(NC(=O)NC2CCOC2)CC1. The number of rotatable bonds is 5. The molecule has 1 heterocycles. The topological polar surface area (TPSA) is 62.4 Å². The average Bonchev–Trinajstić information content (AvgIpc) is 2.90. The fourth-order valence-corrected chi connectivity index (χ4v) is 2.85. The number of hydrogen-bond acceptors (Lipinski definition) is 3. The van der Waals surface area contributed by atoms with Gasteiger partial charge in [0.1, 0.15) is 0 Å². The normalized spacial score (nSPS) is 31.1. The van der Waals surface area contributed by atoms with Crippen LogP contribution >= 0.6 is 0 Å². The molecule has 2 fully saturated rings. The van der Waals surface area contributed by atoms with Gasteiger partial charge in [-0.15, -0.1) is 0 Å². The zero-order chi connectivity index (χ0) is 13.5. The Labute approximate surface area is 115 Å². The molecule has 110 valence electrons. The number of hydrogen-bond donors (Lipinski definition) is 3. The lowest BCUT2D eigenvalue weighted by atomic mass is 9.91. The fraction of sp³-hybridized carbons (Fsp3) is 0.929. The molecule has 1 saturated heterocycles. The number of carbonyl (C=O) groups excluding carboxylic acids is 1. The molecule has 2 amide bonds. The third-order valence-corrected chi connectivity index (χ3v) is 4.01. The van der Waals surface area contributed by atoms with Gasteiger partial charge in [0, 0.05) is 18.7 Å². The van der Waals surface area contributed by atoms with Gasteiger partial charge in [-0.1, -0.05) is 6.92 Å². The van der Waals surface area contributed by atoms with Gasteiger partial charge in [0.05, 0.1) is 12.6 Å². The van der Waals surface area contributed by atoms with Crippen molar-refractivity contribution in [1.29, 1.82) is 0 Å². The van der Waals surface area contributed by atoms with E-state index in [-0.39, 0.29) is 12.1 Å². The van der Waals surface area contributed by atoms with E-state index in [0.29, 0.717) is 18.7 Å². The first-order valence-corrected chi connectivity index (χ1v) is 7.66. The van der Waals surface area contributed by atoms with Crippen molar-refractivity contribution in [3.63, 3.8) is 0 Å². The van der Waals surface area contributed by atoms with Crippen molar-refractivity contribution in [3.05, 3.63) is 0 Å². The maximum absolute atomic E-state index is 11.8. The summed E-state index contributed by atoms with van der Waals surface area (Å²) in [7, 11) is 0. The maximum Gasteiger partial charge on any atom is 0.315 e.